The molecule has 0 atom stereocenters. The van der Waals surface area contributed by atoms with Crippen LogP contribution in [0.5, 0.6) is 0 Å². The highest BCUT2D eigenvalue weighted by Crippen LogP contribution is 2.42. The van der Waals surface area contributed by atoms with Gasteiger partial charge < -0.3 is 15.0 Å². The number of aromatic nitrogens is 4. The molecular weight excluding hydrogens is 467 g/mol. The number of fused-ring (bicyclic) bond motifs is 2. The van der Waals surface area contributed by atoms with Crippen LogP contribution in [0.4, 0.5) is 24.7 Å². The number of carboxylic acid groups (broad SMARTS) is 1. The first-order valence-corrected chi connectivity index (χ1v) is 10.8. The Morgan fingerprint density at radius 2 is 1.79 bits per heavy atom. The van der Waals surface area contributed by atoms with Gasteiger partial charge in [-0.2, -0.15) is 13.2 Å². The van der Waals surface area contributed by atoms with Gasteiger partial charge in [0.1, 0.15) is 5.03 Å². The molecule has 5 rings (SSSR count). The van der Waals surface area contributed by atoms with Crippen molar-refractivity contribution >= 4 is 29.2 Å². The first-order valence-electron chi connectivity index (χ1n) is 9.97. The normalized spacial score (nSPS) is 12.0. The van der Waals surface area contributed by atoms with Crippen LogP contribution in [0, 0.1) is 6.92 Å². The van der Waals surface area contributed by atoms with Crippen molar-refractivity contribution in [1.29, 1.82) is 0 Å². The number of carbonyl (C=O) groups is 1. The van der Waals surface area contributed by atoms with E-state index in [1.54, 1.807) is 24.2 Å². The van der Waals surface area contributed by atoms with Crippen molar-refractivity contribution in [2.24, 2.45) is 0 Å². The quantitative estimate of drug-likeness (QED) is 0.347. The molecule has 1 aliphatic heterocycles. The maximum absolute atomic E-state index is 10.6. The van der Waals surface area contributed by atoms with Crippen molar-refractivity contribution in [3.05, 3.63) is 78.5 Å². The topological polar surface area (TPSA) is 92.9 Å². The molecule has 0 radical (unpaired) electrons. The number of carboxylic acids is 1. The molecular formula is C23H18F3N5O2S. The van der Waals surface area contributed by atoms with Gasteiger partial charge in [-0.25, -0.2) is 19.7 Å². The predicted octanol–water partition coefficient (Wildman–Crippen LogP) is 5.54. The summed E-state index contributed by atoms with van der Waals surface area (Å²) in [6.07, 6.45) is 2.32. The fourth-order valence-corrected chi connectivity index (χ4v) is 3.99. The molecule has 174 valence electrons. The van der Waals surface area contributed by atoms with Gasteiger partial charge in [-0.05, 0) is 24.6 Å². The summed E-state index contributed by atoms with van der Waals surface area (Å²) in [6, 6.07) is 14.9. The van der Waals surface area contributed by atoms with Crippen LogP contribution in [0.1, 0.15) is 11.1 Å². The average Bonchev–Trinajstić information content (AvgIpc) is 3.26. The lowest BCUT2D eigenvalue weighted by atomic mass is 10.1. The zero-order valence-electron chi connectivity index (χ0n) is 17.7. The smallest absolute Gasteiger partial charge is 0.475 e. The van der Waals surface area contributed by atoms with Crippen LogP contribution in [0.2, 0.25) is 0 Å². The minimum absolute atomic E-state index is 0.770. The van der Waals surface area contributed by atoms with Crippen molar-refractivity contribution in [3.63, 3.8) is 0 Å². The number of rotatable bonds is 3. The molecule has 0 spiro atoms. The largest absolute Gasteiger partial charge is 0.490 e. The highest BCUT2D eigenvalue weighted by Gasteiger charge is 2.38. The Bertz CT molecular complexity index is 1320. The van der Waals surface area contributed by atoms with Gasteiger partial charge in [-0.15, -0.1) is 0 Å². The van der Waals surface area contributed by atoms with E-state index < -0.39 is 12.1 Å². The SMILES string of the molecule is Cc1ccc(-c2cn(Cc3ccc4c(c3)Nc3nccnc3S4)cn2)cc1.O=C(O)C(F)(F)F. The van der Waals surface area contributed by atoms with Gasteiger partial charge >= 0.3 is 12.1 Å². The van der Waals surface area contributed by atoms with Gasteiger partial charge in [0.25, 0.3) is 0 Å². The molecule has 0 fully saturated rings. The number of hydrogen-bond acceptors (Lipinski definition) is 6. The number of benzene rings is 2. The Labute approximate surface area is 196 Å². The first-order chi connectivity index (χ1) is 16.2. The zero-order valence-corrected chi connectivity index (χ0v) is 18.6. The predicted molar refractivity (Wildman–Crippen MR) is 121 cm³/mol. The summed E-state index contributed by atoms with van der Waals surface area (Å²) < 4.78 is 33.8. The van der Waals surface area contributed by atoms with Gasteiger partial charge in [0, 0.05) is 35.6 Å². The van der Waals surface area contributed by atoms with E-state index in [0.717, 1.165) is 39.2 Å². The van der Waals surface area contributed by atoms with Crippen molar-refractivity contribution in [1.82, 2.24) is 19.5 Å². The van der Waals surface area contributed by atoms with Crippen LogP contribution in [0.15, 0.2) is 77.3 Å². The van der Waals surface area contributed by atoms with E-state index >= 15 is 0 Å². The number of nitrogens with zero attached hydrogens (tertiary/aromatic N) is 4. The van der Waals surface area contributed by atoms with Crippen LogP contribution < -0.4 is 5.32 Å². The van der Waals surface area contributed by atoms with Crippen molar-refractivity contribution < 1.29 is 23.1 Å². The number of hydrogen-bond donors (Lipinski definition) is 2. The summed E-state index contributed by atoms with van der Waals surface area (Å²) in [5.41, 5.74) is 5.67. The highest BCUT2D eigenvalue weighted by molar-refractivity contribution is 7.99. The van der Waals surface area contributed by atoms with E-state index in [0.29, 0.717) is 0 Å². The lowest BCUT2D eigenvalue weighted by Gasteiger charge is -2.19. The van der Waals surface area contributed by atoms with Crippen LogP contribution >= 0.6 is 11.8 Å². The van der Waals surface area contributed by atoms with E-state index in [1.807, 2.05) is 6.33 Å². The van der Waals surface area contributed by atoms with E-state index in [1.165, 1.54) is 11.1 Å². The molecule has 0 saturated carbocycles. The number of alkyl halides is 3. The molecule has 0 saturated heterocycles. The lowest BCUT2D eigenvalue weighted by molar-refractivity contribution is -0.192. The lowest BCUT2D eigenvalue weighted by Crippen LogP contribution is -2.21. The summed E-state index contributed by atoms with van der Waals surface area (Å²) in [6.45, 7) is 2.86. The fraction of sp³-hybridized carbons (Fsp3) is 0.130. The molecule has 3 heterocycles. The van der Waals surface area contributed by atoms with Crippen LogP contribution in [-0.2, 0) is 11.3 Å². The highest BCUT2D eigenvalue weighted by atomic mass is 32.2. The fourth-order valence-electron chi connectivity index (χ4n) is 3.11. The van der Waals surface area contributed by atoms with Crippen LogP contribution in [0.25, 0.3) is 11.3 Å². The molecule has 0 unspecified atom stereocenters. The molecule has 2 N–H and O–H groups in total. The second-order valence-corrected chi connectivity index (χ2v) is 8.40. The Kier molecular flexibility index (Phi) is 6.55. The molecule has 0 amide bonds. The third kappa shape index (κ3) is 5.54. The zero-order chi connectivity index (χ0) is 24.3. The van der Waals surface area contributed by atoms with E-state index in [9.17, 15) is 13.2 Å². The Hall–Kier alpha value is -3.86. The number of aryl methyl sites for hydroxylation is 1. The molecule has 1 aliphatic rings. The maximum atomic E-state index is 10.6. The van der Waals surface area contributed by atoms with Gasteiger partial charge in [0.15, 0.2) is 5.82 Å². The molecule has 4 aromatic rings. The first kappa shape index (κ1) is 23.3. The van der Waals surface area contributed by atoms with E-state index in [-0.39, 0.29) is 0 Å². The summed E-state index contributed by atoms with van der Waals surface area (Å²) in [5, 5.41) is 11.4. The maximum Gasteiger partial charge on any atom is 0.490 e. The monoisotopic (exact) mass is 485 g/mol. The summed E-state index contributed by atoms with van der Waals surface area (Å²) in [7, 11) is 0. The van der Waals surface area contributed by atoms with E-state index in [4.69, 9.17) is 9.90 Å². The minimum atomic E-state index is -5.08. The Balaban J connectivity index is 0.000000344. The van der Waals surface area contributed by atoms with Gasteiger partial charge in [-0.3, -0.25) is 0 Å². The Morgan fingerprint density at radius 1 is 1.09 bits per heavy atom. The standard InChI is InChI=1S/C21H17N5S.C2HF3O2/c1-14-2-5-16(6-3-14)18-12-26(13-24-18)11-15-4-7-19-17(10-15)25-20-21(27-19)23-9-8-22-20;3-2(4,5)1(6)7/h2-10,12-13H,11H2,1H3,(H,22,25);(H,6,7). The summed E-state index contributed by atoms with van der Waals surface area (Å²) in [5.74, 6) is -1.94. The minimum Gasteiger partial charge on any atom is -0.475 e. The van der Waals surface area contributed by atoms with Gasteiger partial charge in [-0.1, -0.05) is 47.7 Å². The average molecular weight is 485 g/mol. The van der Waals surface area contributed by atoms with Crippen LogP contribution in [-0.4, -0.2) is 36.8 Å². The molecule has 7 nitrogen and oxygen atoms in total. The second kappa shape index (κ2) is 9.56. The number of nitrogens with one attached hydrogen (secondary N) is 1. The number of aliphatic carboxylic acids is 1. The third-order valence-electron chi connectivity index (χ3n) is 4.76. The van der Waals surface area contributed by atoms with Gasteiger partial charge in [0.2, 0.25) is 0 Å². The van der Waals surface area contributed by atoms with Crippen LogP contribution in [0.3, 0.4) is 0 Å². The Morgan fingerprint density at radius 3 is 2.50 bits per heavy atom. The number of imidazole rings is 1. The van der Waals surface area contributed by atoms with E-state index in [2.05, 4.69) is 80.4 Å². The number of halogens is 3. The molecule has 34 heavy (non-hydrogen) atoms. The summed E-state index contributed by atoms with van der Waals surface area (Å²) in [4.78, 5) is 23.4. The van der Waals surface area contributed by atoms with Crippen molar-refractivity contribution in [3.8, 4) is 11.3 Å². The molecule has 11 heteroatoms. The summed E-state index contributed by atoms with van der Waals surface area (Å²) >= 11 is 1.64. The molecule has 2 aromatic heterocycles. The molecule has 2 aromatic carbocycles. The molecule has 0 aliphatic carbocycles. The van der Waals surface area contributed by atoms with Crippen molar-refractivity contribution in [2.45, 2.75) is 29.6 Å². The molecule has 0 bridgehead atoms. The van der Waals surface area contributed by atoms with Gasteiger partial charge in [0.05, 0.1) is 17.7 Å². The number of anilines is 2. The van der Waals surface area contributed by atoms with Crippen molar-refractivity contribution in [2.75, 3.05) is 5.32 Å². The second-order valence-electron chi connectivity index (χ2n) is 7.37. The third-order valence-corrected chi connectivity index (χ3v) is 5.82.